The van der Waals surface area contributed by atoms with Gasteiger partial charge in [0, 0.05) is 19.7 Å². The number of nitrogens with zero attached hydrogens (tertiary/aromatic N) is 2. The molecule has 2 heterocycles. The van der Waals surface area contributed by atoms with Crippen molar-refractivity contribution in [3.63, 3.8) is 0 Å². The Bertz CT molecular complexity index is 554. The molecule has 2 N–H and O–H groups in total. The Hall–Kier alpha value is -2.22. The molecule has 114 valence electrons. The predicted molar refractivity (Wildman–Crippen MR) is 75.0 cm³/mol. The number of hydrogen-bond donors (Lipinski definition) is 2. The van der Waals surface area contributed by atoms with Gasteiger partial charge in [0.25, 0.3) is 5.69 Å². The highest BCUT2D eigenvalue weighted by Gasteiger charge is 2.26. The number of amides is 1. The lowest BCUT2D eigenvalue weighted by Gasteiger charge is -2.30. The van der Waals surface area contributed by atoms with Gasteiger partial charge in [0.15, 0.2) is 5.78 Å². The summed E-state index contributed by atoms with van der Waals surface area (Å²) in [7, 11) is 1.60. The Kier molecular flexibility index (Phi) is 4.69. The minimum atomic E-state index is -0.546. The monoisotopic (exact) mass is 294 g/mol. The smallest absolute Gasteiger partial charge is 0.287 e. The van der Waals surface area contributed by atoms with E-state index in [-0.39, 0.29) is 35.5 Å². The van der Waals surface area contributed by atoms with E-state index >= 15 is 0 Å². The first-order chi connectivity index (χ1) is 10.0. The number of aromatic nitrogens is 1. The third-order valence-electron chi connectivity index (χ3n) is 3.67. The van der Waals surface area contributed by atoms with Gasteiger partial charge in [-0.1, -0.05) is 0 Å². The SMILES string of the molecule is CNC(=O)C1CCCN(CC(=O)c2cc([N+](=O)[O-])c[nH]2)C1. The first-order valence-electron chi connectivity index (χ1n) is 6.81. The number of Topliss-reactive ketones (excluding diaryl/α,β-unsaturated/α-hetero) is 1. The second-order valence-electron chi connectivity index (χ2n) is 5.14. The van der Waals surface area contributed by atoms with Crippen LogP contribution in [0.3, 0.4) is 0 Å². The molecule has 1 aromatic rings. The van der Waals surface area contributed by atoms with Gasteiger partial charge < -0.3 is 10.3 Å². The van der Waals surface area contributed by atoms with E-state index in [2.05, 4.69) is 10.3 Å². The van der Waals surface area contributed by atoms with E-state index in [0.717, 1.165) is 19.4 Å². The zero-order valence-electron chi connectivity index (χ0n) is 11.8. The van der Waals surface area contributed by atoms with E-state index in [1.54, 1.807) is 7.05 Å². The Morgan fingerprint density at radius 1 is 1.57 bits per heavy atom. The van der Waals surface area contributed by atoms with Crippen LogP contribution >= 0.6 is 0 Å². The maximum atomic E-state index is 12.1. The molecule has 0 aliphatic carbocycles. The molecule has 1 aliphatic rings. The van der Waals surface area contributed by atoms with Crippen molar-refractivity contribution in [2.45, 2.75) is 12.8 Å². The molecule has 0 saturated carbocycles. The van der Waals surface area contributed by atoms with Crippen molar-refractivity contribution in [1.29, 1.82) is 0 Å². The fraction of sp³-hybridized carbons (Fsp3) is 0.538. The molecule has 1 unspecified atom stereocenters. The summed E-state index contributed by atoms with van der Waals surface area (Å²) in [4.78, 5) is 38.3. The average Bonchev–Trinajstić information content (AvgIpc) is 2.97. The Morgan fingerprint density at radius 2 is 2.33 bits per heavy atom. The largest absolute Gasteiger partial charge is 0.359 e. The van der Waals surface area contributed by atoms with Crippen molar-refractivity contribution in [3.05, 3.63) is 28.1 Å². The number of rotatable bonds is 5. The predicted octanol–water partition coefficient (Wildman–Crippen LogP) is 0.564. The van der Waals surface area contributed by atoms with Gasteiger partial charge in [0.2, 0.25) is 5.91 Å². The quantitative estimate of drug-likeness (QED) is 0.468. The molecule has 1 fully saturated rings. The zero-order valence-corrected chi connectivity index (χ0v) is 11.8. The maximum absolute atomic E-state index is 12.1. The normalized spacial score (nSPS) is 19.2. The molecule has 1 saturated heterocycles. The molecule has 0 aromatic carbocycles. The Balaban J connectivity index is 1.95. The first-order valence-corrected chi connectivity index (χ1v) is 6.81. The third-order valence-corrected chi connectivity index (χ3v) is 3.67. The summed E-state index contributed by atoms with van der Waals surface area (Å²) < 4.78 is 0. The van der Waals surface area contributed by atoms with Crippen molar-refractivity contribution < 1.29 is 14.5 Å². The van der Waals surface area contributed by atoms with Gasteiger partial charge in [-0.25, -0.2) is 0 Å². The number of carbonyl (C=O) groups excluding carboxylic acids is 2. The summed E-state index contributed by atoms with van der Waals surface area (Å²) in [6.07, 6.45) is 2.88. The van der Waals surface area contributed by atoms with Gasteiger partial charge in [-0.05, 0) is 19.4 Å². The Morgan fingerprint density at radius 3 is 2.95 bits per heavy atom. The fourth-order valence-corrected chi connectivity index (χ4v) is 2.55. The van der Waals surface area contributed by atoms with Crippen molar-refractivity contribution in [2.75, 3.05) is 26.7 Å². The Labute approximate surface area is 121 Å². The second kappa shape index (κ2) is 6.49. The number of aromatic amines is 1. The highest BCUT2D eigenvalue weighted by Crippen LogP contribution is 2.18. The number of likely N-dealkylation sites (tertiary alicyclic amines) is 1. The lowest BCUT2D eigenvalue weighted by Crippen LogP contribution is -2.44. The van der Waals surface area contributed by atoms with E-state index in [0.29, 0.717) is 6.54 Å². The van der Waals surface area contributed by atoms with E-state index < -0.39 is 4.92 Å². The minimum absolute atomic E-state index is 0.0114. The molecule has 0 spiro atoms. The van der Waals surface area contributed by atoms with Crippen molar-refractivity contribution in [3.8, 4) is 0 Å². The highest BCUT2D eigenvalue weighted by molar-refractivity contribution is 5.96. The van der Waals surface area contributed by atoms with Gasteiger partial charge in [0.1, 0.15) is 0 Å². The van der Waals surface area contributed by atoms with Gasteiger partial charge in [0.05, 0.1) is 29.3 Å². The van der Waals surface area contributed by atoms with Crippen molar-refractivity contribution in [1.82, 2.24) is 15.2 Å². The molecule has 0 radical (unpaired) electrons. The second-order valence-corrected chi connectivity index (χ2v) is 5.14. The number of H-pyrrole nitrogens is 1. The van der Waals surface area contributed by atoms with Crippen molar-refractivity contribution in [2.24, 2.45) is 5.92 Å². The average molecular weight is 294 g/mol. The van der Waals surface area contributed by atoms with Crippen LogP contribution in [0.2, 0.25) is 0 Å². The highest BCUT2D eigenvalue weighted by atomic mass is 16.6. The lowest BCUT2D eigenvalue weighted by molar-refractivity contribution is -0.384. The standard InChI is InChI=1S/C13H18N4O4/c1-14-13(19)9-3-2-4-16(7-9)8-12(18)11-5-10(6-15-11)17(20)21/h5-6,9,15H,2-4,7-8H2,1H3,(H,14,19). The summed E-state index contributed by atoms with van der Waals surface area (Å²) in [5.41, 5.74) is 0.101. The van der Waals surface area contributed by atoms with Crippen LogP contribution in [0.15, 0.2) is 12.3 Å². The van der Waals surface area contributed by atoms with Crippen LogP contribution in [-0.4, -0.2) is 53.2 Å². The van der Waals surface area contributed by atoms with Crippen LogP contribution in [0.4, 0.5) is 5.69 Å². The summed E-state index contributed by atoms with van der Waals surface area (Å²) >= 11 is 0. The first kappa shape index (κ1) is 15.2. The summed E-state index contributed by atoms with van der Waals surface area (Å²) in [5.74, 6) is -0.321. The van der Waals surface area contributed by atoms with Gasteiger partial charge in [-0.15, -0.1) is 0 Å². The number of nitrogens with one attached hydrogen (secondary N) is 2. The van der Waals surface area contributed by atoms with Crippen LogP contribution < -0.4 is 5.32 Å². The van der Waals surface area contributed by atoms with E-state index in [4.69, 9.17) is 0 Å². The summed E-state index contributed by atoms with van der Waals surface area (Å²) in [6, 6.07) is 1.24. The summed E-state index contributed by atoms with van der Waals surface area (Å²) in [5, 5.41) is 13.2. The van der Waals surface area contributed by atoms with E-state index in [9.17, 15) is 19.7 Å². The van der Waals surface area contributed by atoms with Gasteiger partial charge >= 0.3 is 0 Å². The zero-order chi connectivity index (χ0) is 15.4. The third kappa shape index (κ3) is 3.66. The van der Waals surface area contributed by atoms with Crippen LogP contribution in [0.25, 0.3) is 0 Å². The number of ketones is 1. The van der Waals surface area contributed by atoms with E-state index in [1.165, 1.54) is 12.3 Å². The molecule has 2 rings (SSSR count). The molecule has 1 aromatic heterocycles. The molecule has 8 nitrogen and oxygen atoms in total. The molecule has 21 heavy (non-hydrogen) atoms. The topological polar surface area (TPSA) is 108 Å². The molecule has 0 bridgehead atoms. The summed E-state index contributed by atoms with van der Waals surface area (Å²) in [6.45, 7) is 1.45. The maximum Gasteiger partial charge on any atom is 0.287 e. The van der Waals surface area contributed by atoms with Gasteiger partial charge in [-0.3, -0.25) is 24.6 Å². The van der Waals surface area contributed by atoms with Crippen LogP contribution in [0.5, 0.6) is 0 Å². The fourth-order valence-electron chi connectivity index (χ4n) is 2.55. The molecule has 8 heteroatoms. The minimum Gasteiger partial charge on any atom is -0.359 e. The van der Waals surface area contributed by atoms with Crippen molar-refractivity contribution >= 4 is 17.4 Å². The molecule has 1 atom stereocenters. The lowest BCUT2D eigenvalue weighted by atomic mass is 9.97. The molecule has 1 amide bonds. The van der Waals surface area contributed by atoms with Crippen LogP contribution in [0, 0.1) is 16.0 Å². The number of piperidine rings is 1. The molecular formula is C13H18N4O4. The van der Waals surface area contributed by atoms with Gasteiger partial charge in [-0.2, -0.15) is 0 Å². The van der Waals surface area contributed by atoms with Crippen LogP contribution in [-0.2, 0) is 4.79 Å². The molecular weight excluding hydrogens is 276 g/mol. The number of nitro groups is 1. The number of carbonyl (C=O) groups is 2. The van der Waals surface area contributed by atoms with Crippen LogP contribution in [0.1, 0.15) is 23.3 Å². The number of hydrogen-bond acceptors (Lipinski definition) is 5. The van der Waals surface area contributed by atoms with E-state index in [1.807, 2.05) is 4.90 Å². The molecule has 1 aliphatic heterocycles.